The third-order valence-corrected chi connectivity index (χ3v) is 6.53. The zero-order valence-corrected chi connectivity index (χ0v) is 17.1. The molecule has 6 nitrogen and oxygen atoms in total. The largest absolute Gasteiger partial charge is 0.507 e. The minimum Gasteiger partial charge on any atom is -0.507 e. The molecule has 2 aliphatic heterocycles. The maximum Gasteiger partial charge on any atom is 0.232 e. The Labute approximate surface area is 174 Å². The number of alkyl halides is 1. The van der Waals surface area contributed by atoms with Gasteiger partial charge in [-0.1, -0.05) is 0 Å². The molecule has 0 amide bonds. The van der Waals surface area contributed by atoms with Crippen LogP contribution in [0.25, 0.3) is 22.0 Å². The SMILES string of the molecule is C[C@]12CCC[C@](C)(N1)[C@@H](F)[C@H](Oc1cnc(-c3cc4ccncc4cc3O)cn1)C2. The molecule has 0 saturated carbocycles. The number of pyridine rings is 1. The van der Waals surface area contributed by atoms with Crippen molar-refractivity contribution >= 4 is 10.8 Å². The number of hydrogen-bond acceptors (Lipinski definition) is 6. The first-order chi connectivity index (χ1) is 14.4. The van der Waals surface area contributed by atoms with Crippen molar-refractivity contribution in [2.24, 2.45) is 0 Å². The normalized spacial score (nSPS) is 30.9. The lowest BCUT2D eigenvalue weighted by molar-refractivity contribution is -0.0625. The number of piperidine rings is 2. The number of phenolic OH excluding ortho intramolecular Hbond substituents is 1. The summed E-state index contributed by atoms with van der Waals surface area (Å²) in [5, 5.41) is 15.7. The number of aromatic hydroxyl groups is 1. The molecule has 2 saturated heterocycles. The summed E-state index contributed by atoms with van der Waals surface area (Å²) in [5.41, 5.74) is 0.401. The summed E-state index contributed by atoms with van der Waals surface area (Å²) < 4.78 is 21.2. The van der Waals surface area contributed by atoms with Gasteiger partial charge in [0.25, 0.3) is 0 Å². The molecule has 4 heterocycles. The Morgan fingerprint density at radius 2 is 2.00 bits per heavy atom. The molecule has 0 spiro atoms. The molecule has 5 rings (SSSR count). The number of nitrogens with one attached hydrogen (secondary N) is 1. The van der Waals surface area contributed by atoms with Crippen LogP contribution in [0.1, 0.15) is 39.5 Å². The van der Waals surface area contributed by atoms with Crippen LogP contribution in [0, 0.1) is 0 Å². The van der Waals surface area contributed by atoms with Crippen molar-refractivity contribution in [3.05, 3.63) is 43.0 Å². The van der Waals surface area contributed by atoms with Gasteiger partial charge in [-0.2, -0.15) is 0 Å². The van der Waals surface area contributed by atoms with Crippen LogP contribution in [0.3, 0.4) is 0 Å². The number of hydrogen-bond donors (Lipinski definition) is 2. The molecule has 2 bridgehead atoms. The Bertz CT molecular complexity index is 1090. The summed E-state index contributed by atoms with van der Waals surface area (Å²) in [6.07, 6.45) is 8.19. The molecule has 156 valence electrons. The van der Waals surface area contributed by atoms with Gasteiger partial charge in [0.05, 0.1) is 23.6 Å². The van der Waals surface area contributed by atoms with E-state index in [1.807, 2.05) is 19.1 Å². The lowest BCUT2D eigenvalue weighted by atomic mass is 9.69. The fourth-order valence-electron chi connectivity index (χ4n) is 5.08. The molecule has 1 aromatic carbocycles. The smallest absolute Gasteiger partial charge is 0.232 e. The van der Waals surface area contributed by atoms with Crippen LogP contribution in [0.15, 0.2) is 43.0 Å². The molecule has 2 aliphatic rings. The third-order valence-electron chi connectivity index (χ3n) is 6.53. The molecule has 0 unspecified atom stereocenters. The minimum absolute atomic E-state index is 0.106. The van der Waals surface area contributed by atoms with Crippen LogP contribution in [0.4, 0.5) is 4.39 Å². The number of aromatic nitrogens is 3. The Morgan fingerprint density at radius 1 is 1.13 bits per heavy atom. The predicted molar refractivity (Wildman–Crippen MR) is 112 cm³/mol. The van der Waals surface area contributed by atoms with Crippen molar-refractivity contribution in [2.45, 2.75) is 62.9 Å². The van der Waals surface area contributed by atoms with Gasteiger partial charge in [0.2, 0.25) is 5.88 Å². The molecule has 3 aromatic rings. The highest BCUT2D eigenvalue weighted by molar-refractivity contribution is 5.89. The molecule has 2 N–H and O–H groups in total. The minimum atomic E-state index is -1.12. The number of phenols is 1. The van der Waals surface area contributed by atoms with Gasteiger partial charge in [0.15, 0.2) is 6.17 Å². The summed E-state index contributed by atoms with van der Waals surface area (Å²) in [6, 6.07) is 5.39. The van der Waals surface area contributed by atoms with E-state index < -0.39 is 17.8 Å². The number of fused-ring (bicyclic) bond motifs is 3. The molecule has 0 radical (unpaired) electrons. The highest BCUT2D eigenvalue weighted by Gasteiger charge is 2.53. The molecule has 0 aliphatic carbocycles. The summed E-state index contributed by atoms with van der Waals surface area (Å²) >= 11 is 0. The van der Waals surface area contributed by atoms with E-state index in [1.165, 1.54) is 6.20 Å². The summed E-state index contributed by atoms with van der Waals surface area (Å²) in [7, 11) is 0. The topological polar surface area (TPSA) is 80.2 Å². The van der Waals surface area contributed by atoms with Gasteiger partial charge in [0.1, 0.15) is 11.9 Å². The molecule has 7 heteroatoms. The van der Waals surface area contributed by atoms with Crippen LogP contribution < -0.4 is 10.1 Å². The lowest BCUT2D eigenvalue weighted by Gasteiger charge is -2.54. The Balaban J connectivity index is 1.39. The van der Waals surface area contributed by atoms with E-state index in [1.54, 1.807) is 24.7 Å². The van der Waals surface area contributed by atoms with Crippen molar-refractivity contribution in [3.63, 3.8) is 0 Å². The van der Waals surface area contributed by atoms with Crippen LogP contribution in [0.5, 0.6) is 11.6 Å². The van der Waals surface area contributed by atoms with Crippen molar-refractivity contribution in [1.29, 1.82) is 0 Å². The van der Waals surface area contributed by atoms with E-state index in [4.69, 9.17) is 4.74 Å². The summed E-state index contributed by atoms with van der Waals surface area (Å²) in [4.78, 5) is 12.8. The van der Waals surface area contributed by atoms with Gasteiger partial charge in [-0.3, -0.25) is 4.98 Å². The molecular weight excluding hydrogens is 383 g/mol. The van der Waals surface area contributed by atoms with Crippen LogP contribution >= 0.6 is 0 Å². The van der Waals surface area contributed by atoms with Gasteiger partial charge in [-0.05, 0) is 56.7 Å². The van der Waals surface area contributed by atoms with Crippen LogP contribution in [0.2, 0.25) is 0 Å². The number of halogens is 1. The average molecular weight is 408 g/mol. The standard InChI is InChI=1S/C23H25FN4O2/c1-22-5-3-6-23(2,28-22)21(24)19(10-22)30-20-13-26-17(12-27-20)16-8-14-4-7-25-11-15(14)9-18(16)29/h4,7-9,11-13,19,21,28-29H,3,5-6,10H2,1-2H3/t19-,21+,22-,23+/m1/s1. The Hall–Kier alpha value is -2.80. The maximum atomic E-state index is 15.2. The molecule has 2 aromatic heterocycles. The fraction of sp³-hybridized carbons (Fsp3) is 0.435. The van der Waals surface area contributed by atoms with Crippen molar-refractivity contribution in [2.75, 3.05) is 0 Å². The summed E-state index contributed by atoms with van der Waals surface area (Å²) in [6.45, 7) is 4.08. The van der Waals surface area contributed by atoms with Gasteiger partial charge < -0.3 is 15.2 Å². The second-order valence-corrected chi connectivity index (χ2v) is 9.05. The quantitative estimate of drug-likeness (QED) is 0.677. The molecule has 30 heavy (non-hydrogen) atoms. The van der Waals surface area contributed by atoms with Crippen molar-refractivity contribution in [3.8, 4) is 22.9 Å². The third kappa shape index (κ3) is 3.27. The molecule has 4 atom stereocenters. The Kier molecular flexibility index (Phi) is 4.39. The van der Waals surface area contributed by atoms with Crippen molar-refractivity contribution < 1.29 is 14.2 Å². The maximum absolute atomic E-state index is 15.2. The van der Waals surface area contributed by atoms with E-state index >= 15 is 4.39 Å². The number of benzene rings is 1. The molecule has 2 fully saturated rings. The van der Waals surface area contributed by atoms with Gasteiger partial charge in [-0.25, -0.2) is 14.4 Å². The lowest BCUT2D eigenvalue weighted by Crippen LogP contribution is -2.71. The zero-order chi connectivity index (χ0) is 20.9. The fourth-order valence-corrected chi connectivity index (χ4v) is 5.08. The summed E-state index contributed by atoms with van der Waals surface area (Å²) in [5.74, 6) is 0.400. The second-order valence-electron chi connectivity index (χ2n) is 9.05. The van der Waals surface area contributed by atoms with Gasteiger partial charge in [-0.15, -0.1) is 0 Å². The van der Waals surface area contributed by atoms with Crippen LogP contribution in [-0.4, -0.2) is 43.4 Å². The van der Waals surface area contributed by atoms with E-state index in [2.05, 4.69) is 27.2 Å². The second kappa shape index (κ2) is 6.87. The number of ether oxygens (including phenoxy) is 1. The number of nitrogens with zero attached hydrogens (tertiary/aromatic N) is 3. The van der Waals surface area contributed by atoms with E-state index in [0.717, 1.165) is 30.0 Å². The van der Waals surface area contributed by atoms with E-state index in [-0.39, 0.29) is 11.3 Å². The Morgan fingerprint density at radius 3 is 2.80 bits per heavy atom. The average Bonchev–Trinajstić information content (AvgIpc) is 2.72. The number of rotatable bonds is 3. The van der Waals surface area contributed by atoms with Gasteiger partial charge >= 0.3 is 0 Å². The first-order valence-electron chi connectivity index (χ1n) is 10.3. The van der Waals surface area contributed by atoms with E-state index in [9.17, 15) is 5.11 Å². The predicted octanol–water partition coefficient (Wildman–Crippen LogP) is 4.18. The zero-order valence-electron chi connectivity index (χ0n) is 17.1. The highest BCUT2D eigenvalue weighted by atomic mass is 19.1. The highest BCUT2D eigenvalue weighted by Crippen LogP contribution is 2.42. The monoisotopic (exact) mass is 408 g/mol. The molecular formula is C23H25FN4O2. The van der Waals surface area contributed by atoms with Crippen molar-refractivity contribution in [1.82, 2.24) is 20.3 Å². The van der Waals surface area contributed by atoms with Crippen LogP contribution in [-0.2, 0) is 0 Å². The first-order valence-corrected chi connectivity index (χ1v) is 10.3. The van der Waals surface area contributed by atoms with Gasteiger partial charge in [0, 0.05) is 35.3 Å². The van der Waals surface area contributed by atoms with E-state index in [0.29, 0.717) is 23.6 Å². The first kappa shape index (κ1) is 19.2.